The predicted molar refractivity (Wildman–Crippen MR) is 74.0 cm³/mol. The van der Waals surface area contributed by atoms with E-state index in [0.717, 1.165) is 13.2 Å². The van der Waals surface area contributed by atoms with Crippen LogP contribution in [0.15, 0.2) is 0 Å². The van der Waals surface area contributed by atoms with Crippen LogP contribution in [0, 0.1) is 0 Å². The second-order valence-corrected chi connectivity index (χ2v) is 3.23. The van der Waals surface area contributed by atoms with Gasteiger partial charge in [-0.1, -0.05) is 0 Å². The summed E-state index contributed by atoms with van der Waals surface area (Å²) in [5, 5.41) is 0. The molecule has 5 nitrogen and oxygen atoms in total. The molecule has 0 saturated carbocycles. The normalized spacial score (nSPS) is 10.3. The Labute approximate surface area is 151 Å². The van der Waals surface area contributed by atoms with E-state index in [-0.39, 0.29) is 48.9 Å². The zero-order valence-corrected chi connectivity index (χ0v) is 11.1. The first-order valence-electron chi connectivity index (χ1n) is 6.30. The Kier molecular flexibility index (Phi) is 24.9. The molecule has 0 aromatic carbocycles. The Hall–Kier alpha value is 1.37. The molecule has 0 amide bonds. The fraction of sp³-hybridized carbons (Fsp3) is 1.00. The van der Waals surface area contributed by atoms with E-state index >= 15 is 0 Å². The zero-order chi connectivity index (χ0) is 12.6. The molecule has 0 aromatic heterocycles. The molecule has 0 aliphatic carbocycles. The molecule has 0 spiro atoms. The first kappa shape index (κ1) is 21.7. The molecule has 18 heavy (non-hydrogen) atoms. The Morgan fingerprint density at radius 2 is 0.667 bits per heavy atom. The van der Waals surface area contributed by atoms with E-state index in [4.69, 9.17) is 23.7 Å². The van der Waals surface area contributed by atoms with Gasteiger partial charge in [-0.15, -0.1) is 0 Å². The molecule has 0 aliphatic rings. The zero-order valence-electron chi connectivity index (χ0n) is 11.1. The second kappa shape index (κ2) is 20.7. The van der Waals surface area contributed by atoms with Crippen LogP contribution in [0.3, 0.4) is 0 Å². The van der Waals surface area contributed by atoms with Gasteiger partial charge in [-0.25, -0.2) is 0 Å². The summed E-state index contributed by atoms with van der Waals surface area (Å²) in [6, 6.07) is 0. The van der Waals surface area contributed by atoms with Crippen molar-refractivity contribution in [2.24, 2.45) is 0 Å². The van der Waals surface area contributed by atoms with Crippen LogP contribution in [0.25, 0.3) is 0 Å². The molecule has 0 radical (unpaired) electrons. The Bertz CT molecular complexity index is 124. The second-order valence-electron chi connectivity index (χ2n) is 3.23. The van der Waals surface area contributed by atoms with E-state index in [2.05, 4.69) is 0 Å². The maximum atomic E-state index is 5.32. The third kappa shape index (κ3) is 19.7. The molecule has 0 unspecified atom stereocenters. The topological polar surface area (TPSA) is 46.2 Å². The fourth-order valence-electron chi connectivity index (χ4n) is 1.07. The maximum absolute atomic E-state index is 5.32. The number of ether oxygens (including phenoxy) is 5. The Morgan fingerprint density at radius 3 is 0.889 bits per heavy atom. The van der Waals surface area contributed by atoms with Crippen molar-refractivity contribution in [2.45, 2.75) is 13.8 Å². The summed E-state index contributed by atoms with van der Waals surface area (Å²) >= 11 is 0. The van der Waals surface area contributed by atoms with Gasteiger partial charge < -0.3 is 23.7 Å². The van der Waals surface area contributed by atoms with Gasteiger partial charge in [-0.3, -0.25) is 0 Å². The molecule has 0 fully saturated rings. The van der Waals surface area contributed by atoms with Crippen molar-refractivity contribution in [3.05, 3.63) is 0 Å². The third-order valence-corrected chi connectivity index (χ3v) is 1.90. The summed E-state index contributed by atoms with van der Waals surface area (Å²) < 4.78 is 26.1. The summed E-state index contributed by atoms with van der Waals surface area (Å²) in [4.78, 5) is 0. The summed E-state index contributed by atoms with van der Waals surface area (Å²) in [5.41, 5.74) is 0. The molecule has 108 valence electrons. The van der Waals surface area contributed by atoms with Gasteiger partial charge in [-0.2, -0.15) is 0 Å². The van der Waals surface area contributed by atoms with Crippen molar-refractivity contribution < 1.29 is 23.7 Å². The molecule has 0 heterocycles. The first-order valence-corrected chi connectivity index (χ1v) is 6.30. The molecular weight excluding hydrogens is 361 g/mol. The molecule has 6 heteroatoms. The quantitative estimate of drug-likeness (QED) is 0.314. The van der Waals surface area contributed by atoms with Crippen LogP contribution in [0.5, 0.6) is 0 Å². The summed E-state index contributed by atoms with van der Waals surface area (Å²) in [5.74, 6) is 0. The van der Waals surface area contributed by atoms with Crippen molar-refractivity contribution in [3.63, 3.8) is 0 Å². The van der Waals surface area contributed by atoms with E-state index in [1.54, 1.807) is 0 Å². The van der Waals surface area contributed by atoms with Crippen molar-refractivity contribution in [1.82, 2.24) is 0 Å². The minimum absolute atomic E-state index is 0. The monoisotopic (exact) mass is 390 g/mol. The van der Waals surface area contributed by atoms with Crippen molar-refractivity contribution >= 4 is 48.9 Å². The van der Waals surface area contributed by atoms with Crippen LogP contribution in [0.4, 0.5) is 0 Å². The van der Waals surface area contributed by atoms with E-state index in [0.29, 0.717) is 52.9 Å². The molecule has 0 N–H and O–H groups in total. The molecule has 0 rings (SSSR count). The van der Waals surface area contributed by atoms with Gasteiger partial charge in [0.15, 0.2) is 0 Å². The van der Waals surface area contributed by atoms with Crippen LogP contribution >= 0.6 is 0 Å². The van der Waals surface area contributed by atoms with E-state index in [1.165, 1.54) is 0 Å². The van der Waals surface area contributed by atoms with Crippen molar-refractivity contribution in [2.75, 3.05) is 66.1 Å². The van der Waals surface area contributed by atoms with Crippen LogP contribution in [0.1, 0.15) is 13.8 Å². The molecule has 0 aromatic rings. The Morgan fingerprint density at radius 1 is 0.444 bits per heavy atom. The van der Waals surface area contributed by atoms with Gasteiger partial charge in [0.1, 0.15) is 0 Å². The average molecular weight is 390 g/mol. The van der Waals surface area contributed by atoms with E-state index < -0.39 is 0 Å². The van der Waals surface area contributed by atoms with Gasteiger partial charge in [-0.05, 0) is 13.8 Å². The summed E-state index contributed by atoms with van der Waals surface area (Å²) in [6.45, 7) is 10.4. The van der Waals surface area contributed by atoms with Crippen LogP contribution in [-0.2, 0) is 23.7 Å². The standard InChI is InChI=1S/C12H26O5.Ba.2H/c1-3-13-5-7-15-9-11-17-12-10-16-8-6-14-4-2;;;/h3-12H2,1-2H3;;;. The molecule has 0 saturated heterocycles. The predicted octanol–water partition coefficient (Wildman–Crippen LogP) is 0.193. The average Bonchev–Trinajstić information content (AvgIpc) is 2.35. The fourth-order valence-corrected chi connectivity index (χ4v) is 1.07. The van der Waals surface area contributed by atoms with Crippen molar-refractivity contribution in [1.29, 1.82) is 0 Å². The van der Waals surface area contributed by atoms with Gasteiger partial charge >= 0.3 is 48.9 Å². The van der Waals surface area contributed by atoms with Gasteiger partial charge in [0.25, 0.3) is 0 Å². The van der Waals surface area contributed by atoms with E-state index in [1.807, 2.05) is 13.8 Å². The number of hydrogen-bond donors (Lipinski definition) is 0. The summed E-state index contributed by atoms with van der Waals surface area (Å²) in [6.07, 6.45) is 0. The van der Waals surface area contributed by atoms with Crippen LogP contribution in [-0.4, -0.2) is 115 Å². The van der Waals surface area contributed by atoms with E-state index in [9.17, 15) is 0 Å². The van der Waals surface area contributed by atoms with Crippen LogP contribution < -0.4 is 0 Å². The van der Waals surface area contributed by atoms with Gasteiger partial charge in [0.2, 0.25) is 0 Å². The number of rotatable bonds is 14. The molecular formula is C12H28BaO5. The molecule has 0 bridgehead atoms. The van der Waals surface area contributed by atoms with Crippen LogP contribution in [0.2, 0.25) is 0 Å². The molecule has 0 atom stereocenters. The minimum atomic E-state index is 0. The van der Waals surface area contributed by atoms with Crippen molar-refractivity contribution in [3.8, 4) is 0 Å². The SMILES string of the molecule is CCOCCOCCOCCOCCOCC.[BaH2]. The molecule has 0 aliphatic heterocycles. The van der Waals surface area contributed by atoms with Gasteiger partial charge in [0, 0.05) is 13.2 Å². The van der Waals surface area contributed by atoms with Gasteiger partial charge in [0.05, 0.1) is 52.9 Å². The summed E-state index contributed by atoms with van der Waals surface area (Å²) in [7, 11) is 0. The third-order valence-electron chi connectivity index (χ3n) is 1.90. The first-order chi connectivity index (χ1) is 8.41. The number of hydrogen-bond acceptors (Lipinski definition) is 5. The Balaban J connectivity index is 0.